The molecule has 112 valence electrons. The third-order valence-corrected chi connectivity index (χ3v) is 4.82. The molecule has 1 fully saturated rings. The Balaban J connectivity index is 1.65. The lowest BCUT2D eigenvalue weighted by Crippen LogP contribution is -2.33. The maximum Gasteiger partial charge on any atom is 0.220 e. The fourth-order valence-corrected chi connectivity index (χ4v) is 3.33. The van der Waals surface area contributed by atoms with Crippen molar-refractivity contribution in [2.75, 3.05) is 20.1 Å². The fraction of sp³-hybridized carbons (Fsp3) is 0.786. The molecule has 1 aliphatic heterocycles. The fourth-order valence-electron chi connectivity index (χ4n) is 2.61. The quantitative estimate of drug-likeness (QED) is 0.870. The summed E-state index contributed by atoms with van der Waals surface area (Å²) in [7, 11) is 2.16. The molecule has 1 aromatic heterocycles. The Labute approximate surface area is 124 Å². The van der Waals surface area contributed by atoms with Crippen molar-refractivity contribution >= 4 is 17.2 Å². The highest BCUT2D eigenvalue weighted by Gasteiger charge is 2.18. The summed E-state index contributed by atoms with van der Waals surface area (Å²) in [5.74, 6) is 0.805. The molecule has 0 saturated carbocycles. The number of rotatable bonds is 6. The number of carbonyl (C=O) groups is 1. The van der Waals surface area contributed by atoms with E-state index in [4.69, 9.17) is 0 Å². The second kappa shape index (κ2) is 7.69. The number of nitrogens with zero attached hydrogens (tertiary/aromatic N) is 3. The van der Waals surface area contributed by atoms with Crippen LogP contribution in [-0.4, -0.2) is 41.1 Å². The molecule has 1 amide bonds. The van der Waals surface area contributed by atoms with Crippen LogP contribution in [0.15, 0.2) is 0 Å². The lowest BCUT2D eigenvalue weighted by molar-refractivity contribution is -0.121. The van der Waals surface area contributed by atoms with E-state index < -0.39 is 0 Å². The Morgan fingerprint density at radius 3 is 2.95 bits per heavy atom. The molecular weight excluding hydrogens is 272 g/mol. The molecule has 1 atom stereocenters. The zero-order chi connectivity index (χ0) is 14.4. The second-order valence-electron chi connectivity index (χ2n) is 5.53. The number of nitrogens with one attached hydrogen (secondary N) is 1. The standard InChI is InChI=1S/C14H24N4OS/c1-3-13-16-17-14(20-13)9-15-12(19)7-6-11-5-4-8-18(2)10-11/h11H,3-10H2,1-2H3,(H,15,19)/t11-/m1/s1. The Bertz CT molecular complexity index is 435. The number of aryl methyl sites for hydroxylation is 1. The van der Waals surface area contributed by atoms with Crippen molar-refractivity contribution in [3.8, 4) is 0 Å². The Kier molecular flexibility index (Phi) is 5.91. The van der Waals surface area contributed by atoms with Crippen molar-refractivity contribution in [2.45, 2.75) is 45.6 Å². The van der Waals surface area contributed by atoms with Gasteiger partial charge in [-0.25, -0.2) is 0 Å². The highest BCUT2D eigenvalue weighted by molar-refractivity contribution is 7.11. The number of hydrogen-bond acceptors (Lipinski definition) is 5. The molecule has 5 nitrogen and oxygen atoms in total. The van der Waals surface area contributed by atoms with Crippen LogP contribution >= 0.6 is 11.3 Å². The van der Waals surface area contributed by atoms with Gasteiger partial charge in [0.25, 0.3) is 0 Å². The minimum absolute atomic E-state index is 0.131. The largest absolute Gasteiger partial charge is 0.350 e. The first-order valence-corrected chi connectivity index (χ1v) is 8.25. The number of piperidine rings is 1. The van der Waals surface area contributed by atoms with Crippen molar-refractivity contribution in [3.63, 3.8) is 0 Å². The van der Waals surface area contributed by atoms with Crippen LogP contribution < -0.4 is 5.32 Å². The minimum Gasteiger partial charge on any atom is -0.350 e. The number of hydrogen-bond donors (Lipinski definition) is 1. The lowest BCUT2D eigenvalue weighted by Gasteiger charge is -2.29. The molecule has 1 aromatic rings. The van der Waals surface area contributed by atoms with E-state index in [0.717, 1.165) is 29.4 Å². The third kappa shape index (κ3) is 4.83. The molecule has 0 bridgehead atoms. The first-order valence-electron chi connectivity index (χ1n) is 7.44. The zero-order valence-electron chi connectivity index (χ0n) is 12.4. The predicted molar refractivity (Wildman–Crippen MR) is 80.6 cm³/mol. The van der Waals surface area contributed by atoms with Gasteiger partial charge in [-0.3, -0.25) is 4.79 Å². The van der Waals surface area contributed by atoms with Crippen LogP contribution in [0.1, 0.15) is 42.6 Å². The van der Waals surface area contributed by atoms with Gasteiger partial charge in [0.15, 0.2) is 0 Å². The minimum atomic E-state index is 0.131. The van der Waals surface area contributed by atoms with Crippen LogP contribution in [-0.2, 0) is 17.8 Å². The monoisotopic (exact) mass is 296 g/mol. The van der Waals surface area contributed by atoms with E-state index in [9.17, 15) is 4.79 Å². The van der Waals surface area contributed by atoms with Gasteiger partial charge in [0.2, 0.25) is 5.91 Å². The Morgan fingerprint density at radius 1 is 1.45 bits per heavy atom. The predicted octanol–water partition coefficient (Wildman–Crippen LogP) is 1.84. The summed E-state index contributed by atoms with van der Waals surface area (Å²) in [5, 5.41) is 13.0. The number of carbonyl (C=O) groups excluding carboxylic acids is 1. The van der Waals surface area contributed by atoms with Gasteiger partial charge in [-0.2, -0.15) is 0 Å². The van der Waals surface area contributed by atoms with Gasteiger partial charge < -0.3 is 10.2 Å². The van der Waals surface area contributed by atoms with Crippen molar-refractivity contribution < 1.29 is 4.79 Å². The van der Waals surface area contributed by atoms with Gasteiger partial charge >= 0.3 is 0 Å². The second-order valence-corrected chi connectivity index (χ2v) is 6.68. The van der Waals surface area contributed by atoms with E-state index in [1.54, 1.807) is 11.3 Å². The molecule has 1 N–H and O–H groups in total. The van der Waals surface area contributed by atoms with E-state index in [1.165, 1.54) is 19.4 Å². The first-order chi connectivity index (χ1) is 9.67. The highest BCUT2D eigenvalue weighted by Crippen LogP contribution is 2.19. The number of amides is 1. The van der Waals surface area contributed by atoms with Crippen LogP contribution in [0.4, 0.5) is 0 Å². The van der Waals surface area contributed by atoms with Crippen molar-refractivity contribution in [1.29, 1.82) is 0 Å². The van der Waals surface area contributed by atoms with E-state index in [2.05, 4.69) is 34.4 Å². The molecular formula is C14H24N4OS. The van der Waals surface area contributed by atoms with E-state index in [1.807, 2.05) is 0 Å². The molecule has 20 heavy (non-hydrogen) atoms. The normalized spacial score (nSPS) is 20.0. The lowest BCUT2D eigenvalue weighted by atomic mass is 9.93. The number of aromatic nitrogens is 2. The SMILES string of the molecule is CCc1nnc(CNC(=O)CC[C@H]2CCCN(C)C2)s1. The molecule has 0 unspecified atom stereocenters. The van der Waals surface area contributed by atoms with E-state index >= 15 is 0 Å². The van der Waals surface area contributed by atoms with Crippen molar-refractivity contribution in [1.82, 2.24) is 20.4 Å². The molecule has 1 saturated heterocycles. The molecule has 0 aliphatic carbocycles. The highest BCUT2D eigenvalue weighted by atomic mass is 32.1. The molecule has 2 heterocycles. The van der Waals surface area contributed by atoms with Gasteiger partial charge in [0, 0.05) is 13.0 Å². The van der Waals surface area contributed by atoms with Gasteiger partial charge in [-0.05, 0) is 45.2 Å². The summed E-state index contributed by atoms with van der Waals surface area (Å²) < 4.78 is 0. The summed E-state index contributed by atoms with van der Waals surface area (Å²) in [4.78, 5) is 14.2. The summed E-state index contributed by atoms with van der Waals surface area (Å²) in [6.07, 6.45) is 5.03. The summed E-state index contributed by atoms with van der Waals surface area (Å²) in [6.45, 7) is 4.90. The molecule has 2 rings (SSSR count). The maximum absolute atomic E-state index is 11.8. The average molecular weight is 296 g/mol. The van der Waals surface area contributed by atoms with Gasteiger partial charge in [-0.15, -0.1) is 10.2 Å². The van der Waals surface area contributed by atoms with Gasteiger partial charge in [0.1, 0.15) is 10.0 Å². The topological polar surface area (TPSA) is 58.1 Å². The Hall–Kier alpha value is -1.01. The molecule has 1 aliphatic rings. The van der Waals surface area contributed by atoms with E-state index in [-0.39, 0.29) is 5.91 Å². The zero-order valence-corrected chi connectivity index (χ0v) is 13.2. The summed E-state index contributed by atoms with van der Waals surface area (Å²) in [5.41, 5.74) is 0. The van der Waals surface area contributed by atoms with Crippen molar-refractivity contribution in [3.05, 3.63) is 10.0 Å². The van der Waals surface area contributed by atoms with Crippen LogP contribution in [0.3, 0.4) is 0 Å². The first kappa shape index (κ1) is 15.4. The molecule has 0 radical (unpaired) electrons. The van der Waals surface area contributed by atoms with Gasteiger partial charge in [0.05, 0.1) is 6.54 Å². The average Bonchev–Trinajstić information content (AvgIpc) is 2.91. The van der Waals surface area contributed by atoms with Crippen LogP contribution in [0.5, 0.6) is 0 Å². The van der Waals surface area contributed by atoms with Crippen LogP contribution in [0.2, 0.25) is 0 Å². The smallest absolute Gasteiger partial charge is 0.220 e. The van der Waals surface area contributed by atoms with Gasteiger partial charge in [-0.1, -0.05) is 18.3 Å². The van der Waals surface area contributed by atoms with E-state index in [0.29, 0.717) is 18.9 Å². The molecule has 6 heteroatoms. The molecule has 0 spiro atoms. The summed E-state index contributed by atoms with van der Waals surface area (Å²) in [6, 6.07) is 0. The summed E-state index contributed by atoms with van der Waals surface area (Å²) >= 11 is 1.58. The third-order valence-electron chi connectivity index (χ3n) is 3.75. The Morgan fingerprint density at radius 2 is 2.25 bits per heavy atom. The van der Waals surface area contributed by atoms with Crippen molar-refractivity contribution in [2.24, 2.45) is 5.92 Å². The number of likely N-dealkylation sites (tertiary alicyclic amines) is 1. The van der Waals surface area contributed by atoms with Crippen LogP contribution in [0.25, 0.3) is 0 Å². The van der Waals surface area contributed by atoms with Crippen LogP contribution in [0, 0.1) is 5.92 Å². The molecule has 0 aromatic carbocycles. The maximum atomic E-state index is 11.8.